The Morgan fingerprint density at radius 2 is 1.06 bits per heavy atom. The fourth-order valence-electron chi connectivity index (χ4n) is 3.46. The number of aromatic hydroxyl groups is 2. The van der Waals surface area contributed by atoms with Crippen molar-refractivity contribution in [2.75, 3.05) is 13.2 Å². The van der Waals surface area contributed by atoms with E-state index in [1.165, 1.54) is 0 Å². The monoisotopic (exact) mass is 428 g/mol. The molecule has 0 fully saturated rings. The van der Waals surface area contributed by atoms with Gasteiger partial charge >= 0.3 is 0 Å². The van der Waals surface area contributed by atoms with Crippen molar-refractivity contribution in [3.8, 4) is 56.6 Å². The van der Waals surface area contributed by atoms with Crippen LogP contribution in [0, 0.1) is 0 Å². The molecule has 2 aromatic carbocycles. The molecule has 0 aliphatic heterocycles. The van der Waals surface area contributed by atoms with E-state index in [9.17, 15) is 10.2 Å². The average molecular weight is 428 g/mol. The van der Waals surface area contributed by atoms with Crippen LogP contribution in [0.4, 0.5) is 0 Å². The molecule has 0 radical (unpaired) electrons. The Morgan fingerprint density at radius 3 is 1.41 bits per heavy atom. The number of pyridine rings is 2. The highest BCUT2D eigenvalue weighted by molar-refractivity contribution is 5.75. The van der Waals surface area contributed by atoms with Crippen LogP contribution in [0.3, 0.4) is 0 Å². The topological polar surface area (TPSA) is 84.7 Å². The maximum absolute atomic E-state index is 10.5. The summed E-state index contributed by atoms with van der Waals surface area (Å²) in [6.07, 6.45) is 3.40. The lowest BCUT2D eigenvalue weighted by atomic mass is 10.0. The van der Waals surface area contributed by atoms with Gasteiger partial charge in [0.1, 0.15) is 0 Å². The van der Waals surface area contributed by atoms with Crippen molar-refractivity contribution in [1.82, 2.24) is 9.97 Å². The highest BCUT2D eigenvalue weighted by atomic mass is 16.5. The molecule has 0 aliphatic carbocycles. The summed E-state index contributed by atoms with van der Waals surface area (Å²) in [5.74, 6) is 1.09. The summed E-state index contributed by atoms with van der Waals surface area (Å²) in [7, 11) is 0. The average Bonchev–Trinajstić information content (AvgIpc) is 2.82. The molecule has 0 saturated carbocycles. The van der Waals surface area contributed by atoms with Gasteiger partial charge in [0.15, 0.2) is 23.0 Å². The van der Waals surface area contributed by atoms with Crippen molar-refractivity contribution in [3.05, 3.63) is 73.1 Å². The van der Waals surface area contributed by atoms with Gasteiger partial charge in [0.2, 0.25) is 0 Å². The van der Waals surface area contributed by atoms with Crippen molar-refractivity contribution in [2.24, 2.45) is 0 Å². The van der Waals surface area contributed by atoms with Crippen LogP contribution in [-0.4, -0.2) is 33.4 Å². The molecule has 0 spiro atoms. The van der Waals surface area contributed by atoms with Gasteiger partial charge in [0, 0.05) is 34.6 Å². The summed E-state index contributed by atoms with van der Waals surface area (Å²) in [6.45, 7) is 4.70. The maximum atomic E-state index is 10.5. The zero-order valence-corrected chi connectivity index (χ0v) is 17.9. The number of ether oxygens (including phenoxy) is 2. The van der Waals surface area contributed by atoms with Gasteiger partial charge in [-0.25, -0.2) is 0 Å². The second-order valence-corrected chi connectivity index (χ2v) is 7.03. The van der Waals surface area contributed by atoms with Gasteiger partial charge in [-0.05, 0) is 38.1 Å². The number of hydrogen-bond donors (Lipinski definition) is 2. The number of benzene rings is 2. The predicted molar refractivity (Wildman–Crippen MR) is 124 cm³/mol. The Bertz CT molecular complexity index is 1110. The first-order valence-corrected chi connectivity index (χ1v) is 10.4. The third-order valence-electron chi connectivity index (χ3n) is 5.01. The first-order valence-electron chi connectivity index (χ1n) is 10.4. The summed E-state index contributed by atoms with van der Waals surface area (Å²) < 4.78 is 10.9. The molecule has 32 heavy (non-hydrogen) atoms. The zero-order valence-electron chi connectivity index (χ0n) is 17.9. The molecule has 162 valence electrons. The minimum atomic E-state index is 0.0977. The van der Waals surface area contributed by atoms with Crippen LogP contribution >= 0.6 is 0 Å². The van der Waals surface area contributed by atoms with Gasteiger partial charge in [-0.3, -0.25) is 9.97 Å². The molecule has 2 heterocycles. The van der Waals surface area contributed by atoms with Crippen LogP contribution in [0.5, 0.6) is 23.0 Å². The molecule has 0 bridgehead atoms. The van der Waals surface area contributed by atoms with Gasteiger partial charge in [-0.15, -0.1) is 0 Å². The zero-order chi connectivity index (χ0) is 22.5. The molecule has 0 atom stereocenters. The second kappa shape index (κ2) is 9.39. The van der Waals surface area contributed by atoms with Gasteiger partial charge in [0.25, 0.3) is 0 Å². The summed E-state index contributed by atoms with van der Waals surface area (Å²) >= 11 is 0. The van der Waals surface area contributed by atoms with Crippen LogP contribution in [0.1, 0.15) is 13.8 Å². The molecule has 6 nitrogen and oxygen atoms in total. The van der Waals surface area contributed by atoms with Crippen molar-refractivity contribution >= 4 is 0 Å². The Labute approximate surface area is 186 Å². The predicted octanol–water partition coefficient (Wildman–Crippen LogP) is 5.69. The molecule has 6 heteroatoms. The first kappa shape index (κ1) is 21.2. The Hall–Kier alpha value is -4.06. The standard InChI is InChI=1S/C26H24N2O4/c1-3-31-23-9-5-7-19(25(23)29)17-11-13-21(27-15-17)22-14-12-18(16-28-22)20-8-6-10-24(26(20)30)32-4-2/h5-16,29-30H,3-4H2,1-2H3. The first-order chi connectivity index (χ1) is 15.6. The molecule has 0 aliphatic rings. The number of nitrogens with zero attached hydrogens (tertiary/aromatic N) is 2. The molecular weight excluding hydrogens is 404 g/mol. The van der Waals surface area contributed by atoms with Crippen LogP contribution in [-0.2, 0) is 0 Å². The van der Waals surface area contributed by atoms with Crippen molar-refractivity contribution in [3.63, 3.8) is 0 Å². The molecule has 0 saturated heterocycles. The van der Waals surface area contributed by atoms with Gasteiger partial charge in [0.05, 0.1) is 24.6 Å². The molecular formula is C26H24N2O4. The quantitative estimate of drug-likeness (QED) is 0.394. The number of hydrogen-bond acceptors (Lipinski definition) is 6. The number of phenols is 2. The minimum Gasteiger partial charge on any atom is -0.504 e. The Morgan fingerprint density at radius 1 is 0.625 bits per heavy atom. The van der Waals surface area contributed by atoms with Crippen molar-refractivity contribution in [2.45, 2.75) is 13.8 Å². The molecule has 0 unspecified atom stereocenters. The Balaban J connectivity index is 1.59. The molecule has 4 aromatic rings. The van der Waals surface area contributed by atoms with Crippen molar-refractivity contribution < 1.29 is 19.7 Å². The molecule has 2 N–H and O–H groups in total. The van der Waals surface area contributed by atoms with E-state index in [1.54, 1.807) is 24.5 Å². The summed E-state index contributed by atoms with van der Waals surface area (Å²) in [5, 5.41) is 21.0. The summed E-state index contributed by atoms with van der Waals surface area (Å²) in [6, 6.07) is 18.3. The number of para-hydroxylation sites is 2. The van der Waals surface area contributed by atoms with Crippen LogP contribution in [0.25, 0.3) is 33.6 Å². The SMILES string of the molecule is CCOc1cccc(-c2ccc(-c3ccc(-c4cccc(OCC)c4O)cn3)nc2)c1O. The van der Waals surface area contributed by atoms with E-state index < -0.39 is 0 Å². The number of rotatable bonds is 7. The van der Waals surface area contributed by atoms with E-state index >= 15 is 0 Å². The summed E-state index contributed by atoms with van der Waals surface area (Å²) in [4.78, 5) is 9.03. The van der Waals surface area contributed by atoms with E-state index in [0.29, 0.717) is 47.2 Å². The highest BCUT2D eigenvalue weighted by Crippen LogP contribution is 2.38. The lowest BCUT2D eigenvalue weighted by molar-refractivity contribution is 0.318. The van der Waals surface area contributed by atoms with Gasteiger partial charge in [-0.2, -0.15) is 0 Å². The lowest BCUT2D eigenvalue weighted by Crippen LogP contribution is -1.94. The second-order valence-electron chi connectivity index (χ2n) is 7.03. The largest absolute Gasteiger partial charge is 0.504 e. The molecule has 2 aromatic heterocycles. The summed E-state index contributed by atoms with van der Waals surface area (Å²) in [5.41, 5.74) is 4.27. The van der Waals surface area contributed by atoms with E-state index in [1.807, 2.05) is 62.4 Å². The van der Waals surface area contributed by atoms with E-state index in [2.05, 4.69) is 9.97 Å². The Kier molecular flexibility index (Phi) is 6.22. The number of phenolic OH excluding ortho intramolecular Hbond substituents is 2. The third kappa shape index (κ3) is 4.21. The van der Waals surface area contributed by atoms with Gasteiger partial charge < -0.3 is 19.7 Å². The molecule has 4 rings (SSSR count). The van der Waals surface area contributed by atoms with Gasteiger partial charge in [-0.1, -0.05) is 36.4 Å². The van der Waals surface area contributed by atoms with E-state index in [0.717, 1.165) is 11.1 Å². The fourth-order valence-corrected chi connectivity index (χ4v) is 3.46. The minimum absolute atomic E-state index is 0.0977. The lowest BCUT2D eigenvalue weighted by Gasteiger charge is -2.11. The fraction of sp³-hybridized carbons (Fsp3) is 0.154. The van der Waals surface area contributed by atoms with Crippen LogP contribution in [0.2, 0.25) is 0 Å². The number of aromatic nitrogens is 2. The van der Waals surface area contributed by atoms with Crippen LogP contribution in [0.15, 0.2) is 73.1 Å². The third-order valence-corrected chi connectivity index (χ3v) is 5.01. The molecule has 0 amide bonds. The van der Waals surface area contributed by atoms with Crippen molar-refractivity contribution in [1.29, 1.82) is 0 Å². The van der Waals surface area contributed by atoms with Crippen LogP contribution < -0.4 is 9.47 Å². The maximum Gasteiger partial charge on any atom is 0.165 e. The van der Waals surface area contributed by atoms with E-state index in [-0.39, 0.29) is 11.5 Å². The van der Waals surface area contributed by atoms with E-state index in [4.69, 9.17) is 9.47 Å². The normalized spacial score (nSPS) is 10.7. The smallest absolute Gasteiger partial charge is 0.165 e. The highest BCUT2D eigenvalue weighted by Gasteiger charge is 2.13.